The Morgan fingerprint density at radius 1 is 1.22 bits per heavy atom. The molecule has 3 aliphatic rings. The number of nitriles is 1. The molecule has 0 radical (unpaired) electrons. The monoisotopic (exact) mass is 237 g/mol. The summed E-state index contributed by atoms with van der Waals surface area (Å²) in [4.78, 5) is 0. The minimum absolute atomic E-state index is 0.262. The average molecular weight is 237 g/mol. The zero-order valence-electron chi connectivity index (χ0n) is 10.3. The topological polar surface area (TPSA) is 36.3 Å². The third-order valence-corrected chi connectivity index (χ3v) is 4.58. The van der Waals surface area contributed by atoms with Gasteiger partial charge >= 0.3 is 0 Å². The van der Waals surface area contributed by atoms with Crippen molar-refractivity contribution in [2.24, 2.45) is 0 Å². The van der Waals surface area contributed by atoms with E-state index in [9.17, 15) is 5.26 Å². The summed E-state index contributed by atoms with van der Waals surface area (Å²) in [5, 5.41) is 9.24. The Morgan fingerprint density at radius 2 is 2.06 bits per heavy atom. The van der Waals surface area contributed by atoms with Crippen LogP contribution in [0.1, 0.15) is 36.8 Å². The number of nitrogens with zero attached hydrogens (tertiary/aromatic N) is 1. The molecule has 18 heavy (non-hydrogen) atoms. The lowest BCUT2D eigenvalue weighted by atomic mass is 9.71. The van der Waals surface area contributed by atoms with Crippen LogP contribution >= 0.6 is 0 Å². The highest BCUT2D eigenvalue weighted by atomic mass is 16.6. The maximum atomic E-state index is 9.24. The number of ether oxygens (including phenoxy) is 1. The number of rotatable bonds is 0. The molecule has 1 spiro atoms. The van der Waals surface area contributed by atoms with Crippen molar-refractivity contribution in [2.75, 3.05) is 0 Å². The molecule has 1 aliphatic heterocycles. The highest BCUT2D eigenvalue weighted by molar-refractivity contribution is 5.54. The van der Waals surface area contributed by atoms with Gasteiger partial charge in [0.05, 0.1) is 6.07 Å². The maximum absolute atomic E-state index is 9.24. The van der Waals surface area contributed by atoms with Crippen LogP contribution in [-0.2, 0) is 16.8 Å². The molecule has 2 aliphatic carbocycles. The first-order valence-electron chi connectivity index (χ1n) is 6.73. The number of benzene rings is 1. The third-order valence-electron chi connectivity index (χ3n) is 4.58. The van der Waals surface area contributed by atoms with Gasteiger partial charge in [0.25, 0.3) is 0 Å². The van der Waals surface area contributed by atoms with E-state index in [-0.39, 0.29) is 11.7 Å². The molecule has 2 atom stereocenters. The van der Waals surface area contributed by atoms with Crippen molar-refractivity contribution < 1.29 is 4.74 Å². The zero-order valence-corrected chi connectivity index (χ0v) is 10.3. The molecular formula is C16H15NO. The van der Waals surface area contributed by atoms with Crippen molar-refractivity contribution in [3.63, 3.8) is 0 Å². The Balaban J connectivity index is 1.93. The van der Waals surface area contributed by atoms with E-state index in [1.54, 1.807) is 0 Å². The molecule has 2 heteroatoms. The summed E-state index contributed by atoms with van der Waals surface area (Å²) in [7, 11) is 0. The molecule has 1 aromatic rings. The highest BCUT2D eigenvalue weighted by Crippen LogP contribution is 2.58. The van der Waals surface area contributed by atoms with Crippen LogP contribution in [0.4, 0.5) is 0 Å². The van der Waals surface area contributed by atoms with Crippen LogP contribution in [0.3, 0.4) is 0 Å². The van der Waals surface area contributed by atoms with Crippen LogP contribution < -0.4 is 0 Å². The standard InChI is InChI=1S/C16H15NO/c17-10-15-16(18-15)13-7-3-1-5-11(13)9-12-6-2-4-8-14(12)16/h1,3,5,7,15H,2,4,6,8-9H2. The first kappa shape index (κ1) is 10.3. The molecule has 0 N–H and O–H groups in total. The number of hydrogen-bond donors (Lipinski definition) is 0. The molecule has 0 amide bonds. The molecular weight excluding hydrogens is 222 g/mol. The fraction of sp³-hybridized carbons (Fsp3) is 0.438. The van der Waals surface area contributed by atoms with Gasteiger partial charge in [-0.2, -0.15) is 5.26 Å². The summed E-state index contributed by atoms with van der Waals surface area (Å²) in [5.74, 6) is 0. The molecule has 1 fully saturated rings. The van der Waals surface area contributed by atoms with Gasteiger partial charge in [0.2, 0.25) is 0 Å². The summed E-state index contributed by atoms with van der Waals surface area (Å²) in [5.41, 5.74) is 5.21. The van der Waals surface area contributed by atoms with Gasteiger partial charge in [-0.15, -0.1) is 0 Å². The second kappa shape index (κ2) is 3.46. The normalized spacial score (nSPS) is 32.7. The van der Waals surface area contributed by atoms with Crippen LogP contribution in [0.15, 0.2) is 35.4 Å². The van der Waals surface area contributed by atoms with E-state index in [4.69, 9.17) is 4.74 Å². The molecule has 0 bridgehead atoms. The fourth-order valence-electron chi connectivity index (χ4n) is 3.74. The van der Waals surface area contributed by atoms with E-state index < -0.39 is 0 Å². The van der Waals surface area contributed by atoms with Crippen LogP contribution in [0.25, 0.3) is 0 Å². The summed E-state index contributed by atoms with van der Waals surface area (Å²) < 4.78 is 5.87. The molecule has 1 saturated heterocycles. The predicted molar refractivity (Wildman–Crippen MR) is 67.8 cm³/mol. The molecule has 0 aromatic heterocycles. The van der Waals surface area contributed by atoms with Gasteiger partial charge in [-0.25, -0.2) is 0 Å². The first-order chi connectivity index (χ1) is 8.86. The smallest absolute Gasteiger partial charge is 0.182 e. The third kappa shape index (κ3) is 1.15. The minimum Gasteiger partial charge on any atom is -0.340 e. The van der Waals surface area contributed by atoms with E-state index in [0.29, 0.717) is 0 Å². The fourth-order valence-corrected chi connectivity index (χ4v) is 3.74. The lowest BCUT2D eigenvalue weighted by Gasteiger charge is -2.32. The van der Waals surface area contributed by atoms with Crippen molar-refractivity contribution in [1.29, 1.82) is 5.26 Å². The van der Waals surface area contributed by atoms with Crippen LogP contribution in [0, 0.1) is 11.3 Å². The minimum atomic E-state index is -0.362. The van der Waals surface area contributed by atoms with Crippen LogP contribution in [-0.4, -0.2) is 6.10 Å². The summed E-state index contributed by atoms with van der Waals surface area (Å²) >= 11 is 0. The van der Waals surface area contributed by atoms with Crippen molar-refractivity contribution in [1.82, 2.24) is 0 Å². The van der Waals surface area contributed by atoms with Crippen molar-refractivity contribution in [3.8, 4) is 6.07 Å². The first-order valence-corrected chi connectivity index (χ1v) is 6.73. The molecule has 1 heterocycles. The van der Waals surface area contributed by atoms with E-state index in [2.05, 4.69) is 30.3 Å². The van der Waals surface area contributed by atoms with Gasteiger partial charge in [0.15, 0.2) is 11.7 Å². The molecule has 1 aromatic carbocycles. The molecule has 90 valence electrons. The summed E-state index contributed by atoms with van der Waals surface area (Å²) in [6.07, 6.45) is 5.63. The van der Waals surface area contributed by atoms with E-state index in [1.807, 2.05) is 0 Å². The molecule has 0 saturated carbocycles. The lowest BCUT2D eigenvalue weighted by molar-refractivity contribution is 0.318. The Morgan fingerprint density at radius 3 is 2.89 bits per heavy atom. The summed E-state index contributed by atoms with van der Waals surface area (Å²) in [6, 6.07) is 10.8. The highest BCUT2D eigenvalue weighted by Gasteiger charge is 2.63. The van der Waals surface area contributed by atoms with Crippen LogP contribution in [0.2, 0.25) is 0 Å². The second-order valence-corrected chi connectivity index (χ2v) is 5.49. The lowest BCUT2D eigenvalue weighted by Crippen LogP contribution is -2.26. The predicted octanol–water partition coefficient (Wildman–Crippen LogP) is 3.23. The number of epoxide rings is 1. The Hall–Kier alpha value is -1.59. The Kier molecular flexibility index (Phi) is 1.99. The van der Waals surface area contributed by atoms with Crippen molar-refractivity contribution >= 4 is 0 Å². The van der Waals surface area contributed by atoms with E-state index >= 15 is 0 Å². The summed E-state index contributed by atoms with van der Waals surface area (Å²) in [6.45, 7) is 0. The van der Waals surface area contributed by atoms with E-state index in [0.717, 1.165) is 12.8 Å². The van der Waals surface area contributed by atoms with Gasteiger partial charge in [-0.3, -0.25) is 0 Å². The zero-order chi connectivity index (χ0) is 12.2. The van der Waals surface area contributed by atoms with Crippen LogP contribution in [0.5, 0.6) is 0 Å². The van der Waals surface area contributed by atoms with Crippen molar-refractivity contribution in [3.05, 3.63) is 46.5 Å². The van der Waals surface area contributed by atoms with Gasteiger partial charge in [0.1, 0.15) is 0 Å². The van der Waals surface area contributed by atoms with Gasteiger partial charge in [0, 0.05) is 0 Å². The molecule has 2 nitrogen and oxygen atoms in total. The largest absolute Gasteiger partial charge is 0.340 e. The van der Waals surface area contributed by atoms with Gasteiger partial charge < -0.3 is 4.74 Å². The van der Waals surface area contributed by atoms with Crippen molar-refractivity contribution in [2.45, 2.75) is 43.8 Å². The maximum Gasteiger partial charge on any atom is 0.182 e. The number of hydrogen-bond acceptors (Lipinski definition) is 2. The average Bonchev–Trinajstić information content (AvgIpc) is 3.15. The second-order valence-electron chi connectivity index (χ2n) is 5.49. The Labute approximate surface area is 107 Å². The number of fused-ring (bicyclic) bond motifs is 3. The van der Waals surface area contributed by atoms with Gasteiger partial charge in [-0.05, 0) is 48.8 Å². The Bertz CT molecular complexity index is 595. The quantitative estimate of drug-likeness (QED) is 0.513. The molecule has 2 unspecified atom stereocenters. The molecule has 4 rings (SSSR count). The van der Waals surface area contributed by atoms with E-state index in [1.165, 1.54) is 41.5 Å². The SMILES string of the molecule is N#CC1OC12C1=C(CCCC1)Cc1ccccc12. The van der Waals surface area contributed by atoms with Gasteiger partial charge in [-0.1, -0.05) is 29.8 Å². The number of allylic oxidation sites excluding steroid dienone is 1.